The Hall–Kier alpha value is 0.0649. The Labute approximate surface area is 116 Å². The number of hydrogen-bond acceptors (Lipinski definition) is 0. The zero-order valence-electron chi connectivity index (χ0n) is 12.8. The van der Waals surface area contributed by atoms with Crippen molar-refractivity contribution in [1.29, 1.82) is 0 Å². The maximum absolute atomic E-state index is 2.82. The first-order valence-electron chi connectivity index (χ1n) is 8.49. The fourth-order valence-electron chi connectivity index (χ4n) is 4.38. The van der Waals surface area contributed by atoms with Crippen molar-refractivity contribution in [2.24, 2.45) is 0 Å². The van der Waals surface area contributed by atoms with E-state index in [0.29, 0.717) is 10.6 Å². The first-order chi connectivity index (χ1) is 8.62. The van der Waals surface area contributed by atoms with Crippen LogP contribution >= 0.6 is 0 Å². The van der Waals surface area contributed by atoms with Crippen LogP contribution in [-0.4, -0.2) is 7.28 Å². The highest BCUT2D eigenvalue weighted by Gasteiger charge is 2.36. The molecule has 2 unspecified atom stereocenters. The summed E-state index contributed by atoms with van der Waals surface area (Å²) in [5.41, 5.74) is 0. The molecule has 0 nitrogen and oxygen atoms in total. The molecule has 0 aliphatic carbocycles. The van der Waals surface area contributed by atoms with E-state index < -0.39 is 0 Å². The van der Waals surface area contributed by atoms with Crippen molar-refractivity contribution >= 4 is 7.28 Å². The van der Waals surface area contributed by atoms with Crippen LogP contribution in [0.1, 0.15) is 97.3 Å². The number of fused-ring (bicyclic) bond motifs is 2. The van der Waals surface area contributed by atoms with Gasteiger partial charge in [-0.3, -0.25) is 0 Å². The van der Waals surface area contributed by atoms with E-state index in [1.807, 2.05) is 0 Å². The summed E-state index contributed by atoms with van der Waals surface area (Å²) >= 11 is 0. The van der Waals surface area contributed by atoms with Crippen molar-refractivity contribution in [3.63, 3.8) is 0 Å². The van der Waals surface area contributed by atoms with Crippen LogP contribution in [0.2, 0.25) is 10.6 Å². The predicted molar refractivity (Wildman–Crippen MR) is 82.5 cm³/mol. The summed E-state index contributed by atoms with van der Waals surface area (Å²) in [5, 5.41) is 1.08. The summed E-state index contributed by atoms with van der Waals surface area (Å²) < 4.78 is 0. The Morgan fingerprint density at radius 1 is 0.500 bits per heavy atom. The predicted octanol–water partition coefficient (Wildman–Crippen LogP) is 6.15. The molecule has 2 heterocycles. The zero-order valence-corrected chi connectivity index (χ0v) is 12.8. The first kappa shape index (κ1) is 14.5. The third-order valence-electron chi connectivity index (χ3n) is 5.44. The molecule has 2 aliphatic heterocycles. The summed E-state index contributed by atoms with van der Waals surface area (Å²) in [6.07, 6.45) is 19.0. The molecule has 2 fully saturated rings. The molecule has 0 amide bonds. The van der Waals surface area contributed by atoms with Gasteiger partial charge in [0.2, 0.25) is 0 Å². The highest BCUT2D eigenvalue weighted by molar-refractivity contribution is 6.44. The molecule has 2 bridgehead atoms. The molecule has 18 heavy (non-hydrogen) atoms. The average Bonchev–Trinajstić information content (AvgIpc) is 2.38. The van der Waals surface area contributed by atoms with Gasteiger partial charge in [0.25, 0.3) is 0 Å². The standard InChI is InChI=1S/C17H32B/c1-16-12-8-4-3-5-9-13-17(2,18-16)15-11-7-6-10-14-16/h3-15H2,1-2H3. The molecule has 0 aromatic rings. The lowest BCUT2D eigenvalue weighted by Crippen LogP contribution is -2.29. The molecule has 0 aromatic heterocycles. The van der Waals surface area contributed by atoms with Gasteiger partial charge in [0.05, 0.1) is 0 Å². The van der Waals surface area contributed by atoms with Crippen molar-refractivity contribution in [2.45, 2.75) is 108 Å². The van der Waals surface area contributed by atoms with E-state index in [-0.39, 0.29) is 0 Å². The topological polar surface area (TPSA) is 0 Å². The monoisotopic (exact) mass is 247 g/mol. The van der Waals surface area contributed by atoms with Gasteiger partial charge in [-0.25, -0.2) is 0 Å². The van der Waals surface area contributed by atoms with Gasteiger partial charge < -0.3 is 0 Å². The lowest BCUT2D eigenvalue weighted by atomic mass is 9.36. The van der Waals surface area contributed by atoms with Crippen LogP contribution in [0.5, 0.6) is 0 Å². The van der Waals surface area contributed by atoms with Crippen LogP contribution < -0.4 is 0 Å². The van der Waals surface area contributed by atoms with Gasteiger partial charge in [0.1, 0.15) is 7.28 Å². The van der Waals surface area contributed by atoms with Crippen LogP contribution in [-0.2, 0) is 0 Å². The molecular formula is C17H32B. The van der Waals surface area contributed by atoms with Gasteiger partial charge >= 0.3 is 0 Å². The first-order valence-corrected chi connectivity index (χ1v) is 8.49. The van der Waals surface area contributed by atoms with E-state index in [9.17, 15) is 0 Å². The molecule has 1 heteroatoms. The summed E-state index contributed by atoms with van der Waals surface area (Å²) in [6.45, 7) is 5.11. The van der Waals surface area contributed by atoms with E-state index in [4.69, 9.17) is 0 Å². The minimum absolute atomic E-state index is 0.538. The van der Waals surface area contributed by atoms with E-state index in [1.54, 1.807) is 0 Å². The van der Waals surface area contributed by atoms with Crippen molar-refractivity contribution in [3.05, 3.63) is 0 Å². The maximum Gasteiger partial charge on any atom is 0.125 e. The second kappa shape index (κ2) is 6.48. The molecule has 0 N–H and O–H groups in total. The smallest absolute Gasteiger partial charge is 0.0669 e. The lowest BCUT2D eigenvalue weighted by molar-refractivity contribution is 0.408. The minimum Gasteiger partial charge on any atom is -0.0669 e. The van der Waals surface area contributed by atoms with E-state index >= 15 is 0 Å². The van der Waals surface area contributed by atoms with Gasteiger partial charge in [-0.2, -0.15) is 0 Å². The molecule has 0 aromatic carbocycles. The fraction of sp³-hybridized carbons (Fsp3) is 1.00. The van der Waals surface area contributed by atoms with Gasteiger partial charge in [-0.05, 0) is 0 Å². The fourth-order valence-corrected chi connectivity index (χ4v) is 4.38. The summed E-state index contributed by atoms with van der Waals surface area (Å²) in [7, 11) is 2.82. The molecule has 0 spiro atoms. The summed E-state index contributed by atoms with van der Waals surface area (Å²) in [5.74, 6) is 0. The Morgan fingerprint density at radius 3 is 1.11 bits per heavy atom. The normalized spacial score (nSPS) is 39.9. The van der Waals surface area contributed by atoms with Crippen LogP contribution in [0.3, 0.4) is 0 Å². The van der Waals surface area contributed by atoms with E-state index in [1.165, 1.54) is 83.5 Å². The Morgan fingerprint density at radius 2 is 0.778 bits per heavy atom. The van der Waals surface area contributed by atoms with Gasteiger partial charge in [-0.1, -0.05) is 108 Å². The van der Waals surface area contributed by atoms with Crippen molar-refractivity contribution in [3.8, 4) is 0 Å². The van der Waals surface area contributed by atoms with E-state index in [2.05, 4.69) is 21.1 Å². The summed E-state index contributed by atoms with van der Waals surface area (Å²) in [6, 6.07) is 0. The maximum atomic E-state index is 2.82. The van der Waals surface area contributed by atoms with Crippen LogP contribution in [0, 0.1) is 0 Å². The third-order valence-corrected chi connectivity index (χ3v) is 5.44. The Bertz CT molecular complexity index is 226. The Balaban J connectivity index is 2.10. The minimum atomic E-state index is 0.538. The molecule has 103 valence electrons. The molecule has 2 saturated heterocycles. The highest BCUT2D eigenvalue weighted by atomic mass is 14.3. The second-order valence-electron chi connectivity index (χ2n) is 7.63. The molecule has 1 radical (unpaired) electrons. The number of hydrogen-bond donors (Lipinski definition) is 0. The zero-order chi connectivity index (χ0) is 12.9. The quantitative estimate of drug-likeness (QED) is 0.450. The highest BCUT2D eigenvalue weighted by Crippen LogP contribution is 2.50. The lowest BCUT2D eigenvalue weighted by Gasteiger charge is -2.39. The molecular weight excluding hydrogens is 215 g/mol. The van der Waals surface area contributed by atoms with E-state index in [0.717, 1.165) is 0 Å². The van der Waals surface area contributed by atoms with Gasteiger partial charge in [0, 0.05) is 0 Å². The average molecular weight is 247 g/mol. The molecule has 2 rings (SSSR count). The van der Waals surface area contributed by atoms with Gasteiger partial charge in [-0.15, -0.1) is 0 Å². The van der Waals surface area contributed by atoms with Crippen molar-refractivity contribution < 1.29 is 0 Å². The molecule has 0 saturated carbocycles. The van der Waals surface area contributed by atoms with Crippen molar-refractivity contribution in [2.75, 3.05) is 0 Å². The van der Waals surface area contributed by atoms with Crippen LogP contribution in [0.4, 0.5) is 0 Å². The van der Waals surface area contributed by atoms with Crippen LogP contribution in [0.25, 0.3) is 0 Å². The molecule has 2 aliphatic rings. The summed E-state index contributed by atoms with van der Waals surface area (Å²) in [4.78, 5) is 0. The SMILES string of the molecule is CC12[B]C(C)(CCCCCCC1)CCCCCC2. The Kier molecular flexibility index (Phi) is 5.21. The van der Waals surface area contributed by atoms with Crippen LogP contribution in [0.15, 0.2) is 0 Å². The second-order valence-corrected chi connectivity index (χ2v) is 7.63. The third kappa shape index (κ3) is 4.32. The molecule has 2 atom stereocenters. The number of rotatable bonds is 0. The largest absolute Gasteiger partial charge is 0.125 e. The van der Waals surface area contributed by atoms with Crippen molar-refractivity contribution in [1.82, 2.24) is 0 Å². The van der Waals surface area contributed by atoms with Gasteiger partial charge in [0.15, 0.2) is 0 Å².